The highest BCUT2D eigenvalue weighted by Gasteiger charge is 2.36. The Kier molecular flexibility index (Phi) is 17.1. The Bertz CT molecular complexity index is 1100. The summed E-state index contributed by atoms with van der Waals surface area (Å²) >= 11 is 0. The van der Waals surface area contributed by atoms with Crippen LogP contribution in [0.25, 0.3) is 0 Å². The fourth-order valence-electron chi connectivity index (χ4n) is 7.17. The molecule has 0 aromatic heterocycles. The first-order valence-electron chi connectivity index (χ1n) is 17.0. The number of likely N-dealkylation sites (N-methyl/N-ethyl adjacent to an activating group) is 1. The molecule has 2 saturated carbocycles. The second kappa shape index (κ2) is 20.2. The van der Waals surface area contributed by atoms with Crippen molar-refractivity contribution in [2.75, 3.05) is 26.2 Å². The number of hydrogen-bond donors (Lipinski definition) is 5. The summed E-state index contributed by atoms with van der Waals surface area (Å²) in [6.45, 7) is 4.04. The molecule has 0 radical (unpaired) electrons. The number of quaternary nitrogens is 1. The van der Waals surface area contributed by atoms with Crippen LogP contribution in [0.15, 0.2) is 0 Å². The first kappa shape index (κ1) is 40.7. The minimum absolute atomic E-state index is 0.150. The van der Waals surface area contributed by atoms with Gasteiger partial charge >= 0.3 is 18.1 Å². The fraction of sp³-hybridized carbons (Fsp3) is 0.812. The molecule has 6 N–H and O–H groups in total. The van der Waals surface area contributed by atoms with Gasteiger partial charge in [0.2, 0.25) is 17.7 Å². The Morgan fingerprint density at radius 1 is 0.896 bits per heavy atom. The number of rotatable bonds is 15. The predicted molar refractivity (Wildman–Crippen MR) is 163 cm³/mol. The van der Waals surface area contributed by atoms with Crippen LogP contribution < -0.4 is 21.1 Å². The van der Waals surface area contributed by atoms with Crippen molar-refractivity contribution >= 4 is 35.6 Å². The summed E-state index contributed by atoms with van der Waals surface area (Å²) in [6.07, 6.45) is 6.66. The number of nitrogens with two attached hydrogens (primary N) is 1. The van der Waals surface area contributed by atoms with Crippen molar-refractivity contribution in [1.82, 2.24) is 15.5 Å². The van der Waals surface area contributed by atoms with E-state index in [4.69, 9.17) is 9.90 Å². The number of nitrogens with zero attached hydrogens (tertiary/aromatic N) is 1. The quantitative estimate of drug-likeness (QED) is 0.164. The van der Waals surface area contributed by atoms with E-state index in [0.29, 0.717) is 24.8 Å². The molecule has 0 bridgehead atoms. The van der Waals surface area contributed by atoms with Crippen LogP contribution in [0.4, 0.5) is 13.2 Å². The zero-order valence-corrected chi connectivity index (χ0v) is 27.6. The molecule has 13 nitrogen and oxygen atoms in total. The standard InChI is InChI=1S/C30H50N4O7.C2HF3O2/c1-2-34(27(36)9-5-6-20-12-14-31-15-13-20)19-26(35)32-24(18-28(37)38)29(39)33-25(30(40)41)17-21-10-11-22-7-3-4-8-23(22)16-21;3-2(4,5)1(6)7/h20-25,31H,2-19H2,1H3,(H,32,35)(H,33,39)(H,37,38)(H,40,41);(H,6,7)/t21?,22?,23?,24-,25-;/m0./s1. The summed E-state index contributed by atoms with van der Waals surface area (Å²) in [4.78, 5) is 72.3. The number of fused-ring (bicyclic) bond motifs is 1. The van der Waals surface area contributed by atoms with Gasteiger partial charge in [0.1, 0.15) is 18.1 Å². The average molecular weight is 693 g/mol. The van der Waals surface area contributed by atoms with Crippen LogP contribution >= 0.6 is 0 Å². The number of carbonyl (C=O) groups is 6. The molecule has 16 heteroatoms. The van der Waals surface area contributed by atoms with Gasteiger partial charge in [0.25, 0.3) is 0 Å². The van der Waals surface area contributed by atoms with E-state index >= 15 is 0 Å². The number of nitrogens with one attached hydrogen (secondary N) is 2. The number of piperidine rings is 1. The number of hydrogen-bond acceptors (Lipinski definition) is 7. The van der Waals surface area contributed by atoms with E-state index in [2.05, 4.69) is 16.0 Å². The molecule has 3 fully saturated rings. The first-order chi connectivity index (χ1) is 22.6. The van der Waals surface area contributed by atoms with Gasteiger partial charge in [-0.2, -0.15) is 13.2 Å². The maximum absolute atomic E-state index is 13.0. The summed E-state index contributed by atoms with van der Waals surface area (Å²) in [5.41, 5.74) is 0. The number of carbonyl (C=O) groups excluding carboxylic acids is 4. The second-order valence-corrected chi connectivity index (χ2v) is 13.2. The third-order valence-electron chi connectivity index (χ3n) is 9.72. The lowest BCUT2D eigenvalue weighted by Gasteiger charge is -2.40. The van der Waals surface area contributed by atoms with Crippen molar-refractivity contribution in [2.45, 2.75) is 115 Å². The second-order valence-electron chi connectivity index (χ2n) is 13.2. The smallest absolute Gasteiger partial charge is 0.430 e. The molecule has 1 aliphatic heterocycles. The largest absolute Gasteiger partial charge is 0.542 e. The minimum atomic E-state index is -5.19. The number of aliphatic carboxylic acids is 3. The predicted octanol–water partition coefficient (Wildman–Crippen LogP) is 0.803. The summed E-state index contributed by atoms with van der Waals surface area (Å²) in [5, 5.41) is 35.2. The fourth-order valence-corrected chi connectivity index (χ4v) is 7.17. The van der Waals surface area contributed by atoms with Crippen LogP contribution in [0, 0.1) is 23.7 Å². The molecule has 3 aliphatic rings. The van der Waals surface area contributed by atoms with E-state index in [1.54, 1.807) is 6.92 Å². The summed E-state index contributed by atoms with van der Waals surface area (Å²) in [7, 11) is 0. The van der Waals surface area contributed by atoms with E-state index in [9.17, 15) is 47.4 Å². The van der Waals surface area contributed by atoms with Gasteiger partial charge in [-0.25, -0.2) is 4.79 Å². The molecule has 0 aromatic carbocycles. The Morgan fingerprint density at radius 2 is 1.52 bits per heavy atom. The number of halogens is 3. The van der Waals surface area contributed by atoms with Crippen LogP contribution in [0.1, 0.15) is 96.8 Å². The molecule has 274 valence electrons. The van der Waals surface area contributed by atoms with Gasteiger partial charge in [0.15, 0.2) is 0 Å². The van der Waals surface area contributed by atoms with Gasteiger partial charge in [-0.15, -0.1) is 0 Å². The lowest BCUT2D eigenvalue weighted by molar-refractivity contribution is -0.664. The van der Waals surface area contributed by atoms with Crippen molar-refractivity contribution in [2.24, 2.45) is 23.7 Å². The van der Waals surface area contributed by atoms with Crippen molar-refractivity contribution in [3.63, 3.8) is 0 Å². The molecule has 3 rings (SSSR count). The van der Waals surface area contributed by atoms with Gasteiger partial charge in [0, 0.05) is 13.0 Å². The average Bonchev–Trinajstić information content (AvgIpc) is 3.02. The summed E-state index contributed by atoms with van der Waals surface area (Å²) < 4.78 is 31.5. The molecular weight excluding hydrogens is 641 g/mol. The number of amides is 3. The normalized spacial score (nSPS) is 22.5. The molecule has 2 aliphatic carbocycles. The van der Waals surface area contributed by atoms with Crippen molar-refractivity contribution in [3.05, 3.63) is 0 Å². The van der Waals surface area contributed by atoms with Gasteiger partial charge in [-0.05, 0) is 75.5 Å². The number of alkyl halides is 3. The van der Waals surface area contributed by atoms with Crippen LogP contribution in [0.2, 0.25) is 0 Å². The SMILES string of the molecule is CCN(CC(=O)N[C@@H](CC(=O)O)C(=O)N[C@@H](CC1CCC2CCCCC2C1)C(=O)O)C(=O)CCCC1CC[NH2+]CC1.O=C([O-])C(F)(F)F. The maximum Gasteiger partial charge on any atom is 0.430 e. The minimum Gasteiger partial charge on any atom is -0.542 e. The van der Waals surface area contributed by atoms with Crippen molar-refractivity contribution in [1.29, 1.82) is 0 Å². The highest BCUT2D eigenvalue weighted by Crippen LogP contribution is 2.43. The van der Waals surface area contributed by atoms with Crippen LogP contribution in [0.3, 0.4) is 0 Å². The third kappa shape index (κ3) is 14.8. The highest BCUT2D eigenvalue weighted by molar-refractivity contribution is 5.94. The Balaban J connectivity index is 0.00000103. The monoisotopic (exact) mass is 692 g/mol. The zero-order valence-electron chi connectivity index (χ0n) is 27.6. The molecule has 3 unspecified atom stereocenters. The van der Waals surface area contributed by atoms with Crippen LogP contribution in [0.5, 0.6) is 0 Å². The molecule has 5 atom stereocenters. The maximum atomic E-state index is 13.0. The van der Waals surface area contributed by atoms with E-state index in [1.165, 1.54) is 30.6 Å². The lowest BCUT2D eigenvalue weighted by atomic mass is 9.66. The zero-order chi connectivity index (χ0) is 35.9. The molecule has 0 spiro atoms. The van der Waals surface area contributed by atoms with Crippen LogP contribution in [-0.4, -0.2) is 95.2 Å². The van der Waals surface area contributed by atoms with Crippen LogP contribution in [-0.2, 0) is 28.8 Å². The molecule has 48 heavy (non-hydrogen) atoms. The Morgan fingerprint density at radius 3 is 2.08 bits per heavy atom. The van der Waals surface area contributed by atoms with Crippen molar-refractivity contribution < 1.29 is 62.6 Å². The van der Waals surface area contributed by atoms with E-state index in [-0.39, 0.29) is 24.8 Å². The van der Waals surface area contributed by atoms with E-state index in [0.717, 1.165) is 64.0 Å². The molecule has 0 aromatic rings. The Labute approximate surface area is 278 Å². The van der Waals surface area contributed by atoms with E-state index in [1.807, 2.05) is 0 Å². The molecule has 1 saturated heterocycles. The van der Waals surface area contributed by atoms with E-state index < -0.39 is 54.4 Å². The van der Waals surface area contributed by atoms with Crippen molar-refractivity contribution in [3.8, 4) is 0 Å². The lowest BCUT2D eigenvalue weighted by Crippen LogP contribution is -2.86. The summed E-state index contributed by atoms with van der Waals surface area (Å²) in [6, 6.07) is -2.59. The highest BCUT2D eigenvalue weighted by atomic mass is 19.4. The van der Waals surface area contributed by atoms with Gasteiger partial charge < -0.3 is 41.0 Å². The first-order valence-corrected chi connectivity index (χ1v) is 17.0. The Hall–Kier alpha value is -3.43. The number of carboxylic acids is 3. The molecular formula is C32H51F3N4O9. The molecule has 3 amide bonds. The topological polar surface area (TPSA) is 210 Å². The van der Waals surface area contributed by atoms with Gasteiger partial charge in [0.05, 0.1) is 26.1 Å². The third-order valence-corrected chi connectivity index (χ3v) is 9.72. The molecule has 1 heterocycles. The number of carboxylic acid groups (broad SMARTS) is 3. The van der Waals surface area contributed by atoms with Gasteiger partial charge in [-0.3, -0.25) is 19.2 Å². The summed E-state index contributed by atoms with van der Waals surface area (Å²) in [5.74, 6) is -4.95. The van der Waals surface area contributed by atoms with Gasteiger partial charge in [-0.1, -0.05) is 32.1 Å².